The zero-order valence-corrected chi connectivity index (χ0v) is 10.1. The molecule has 3 N–H and O–H groups in total. The molecule has 1 aromatic carbocycles. The summed E-state index contributed by atoms with van der Waals surface area (Å²) in [6, 6.07) is 10.9. The summed E-state index contributed by atoms with van der Waals surface area (Å²) in [7, 11) is 0. The topological polar surface area (TPSA) is 81.2 Å². The standard InChI is InChI=1S/C13H15N3O2/c1-13(14,10-5-3-2-4-6-10)12(17)15-9-11-7-8-16-18-11/h2-8H,9,14H2,1H3,(H,15,17). The summed E-state index contributed by atoms with van der Waals surface area (Å²) in [5.41, 5.74) is 5.76. The Labute approximate surface area is 105 Å². The van der Waals surface area contributed by atoms with Crippen molar-refractivity contribution in [2.45, 2.75) is 19.0 Å². The van der Waals surface area contributed by atoms with Crippen LogP contribution in [0.4, 0.5) is 0 Å². The maximum Gasteiger partial charge on any atom is 0.244 e. The Bertz CT molecular complexity index is 506. The third kappa shape index (κ3) is 2.57. The molecule has 0 radical (unpaired) electrons. The molecular weight excluding hydrogens is 230 g/mol. The molecule has 18 heavy (non-hydrogen) atoms. The summed E-state index contributed by atoms with van der Waals surface area (Å²) in [6.45, 7) is 1.95. The number of nitrogens with one attached hydrogen (secondary N) is 1. The van der Waals surface area contributed by atoms with Crippen LogP contribution in [0, 0.1) is 0 Å². The normalized spacial score (nSPS) is 13.9. The van der Waals surface area contributed by atoms with Gasteiger partial charge in [0, 0.05) is 6.07 Å². The van der Waals surface area contributed by atoms with Gasteiger partial charge in [-0.2, -0.15) is 0 Å². The minimum atomic E-state index is -1.07. The molecule has 5 heteroatoms. The molecule has 2 rings (SSSR count). The van der Waals surface area contributed by atoms with Crippen molar-refractivity contribution in [1.82, 2.24) is 10.5 Å². The van der Waals surface area contributed by atoms with Gasteiger partial charge >= 0.3 is 0 Å². The largest absolute Gasteiger partial charge is 0.360 e. The van der Waals surface area contributed by atoms with Crippen LogP contribution in [0.2, 0.25) is 0 Å². The van der Waals surface area contributed by atoms with Crippen molar-refractivity contribution in [3.8, 4) is 0 Å². The summed E-state index contributed by atoms with van der Waals surface area (Å²) < 4.78 is 4.90. The van der Waals surface area contributed by atoms with Crippen LogP contribution in [-0.4, -0.2) is 11.1 Å². The fourth-order valence-electron chi connectivity index (χ4n) is 1.60. The van der Waals surface area contributed by atoms with Gasteiger partial charge in [0.1, 0.15) is 5.54 Å². The highest BCUT2D eigenvalue weighted by Crippen LogP contribution is 2.17. The van der Waals surface area contributed by atoms with Crippen LogP contribution in [0.5, 0.6) is 0 Å². The number of hydrogen-bond acceptors (Lipinski definition) is 4. The van der Waals surface area contributed by atoms with Crippen molar-refractivity contribution < 1.29 is 9.32 Å². The highest BCUT2D eigenvalue weighted by Gasteiger charge is 2.30. The van der Waals surface area contributed by atoms with E-state index in [0.29, 0.717) is 5.76 Å². The highest BCUT2D eigenvalue weighted by molar-refractivity contribution is 5.86. The molecule has 1 aromatic heterocycles. The van der Waals surface area contributed by atoms with Crippen LogP contribution in [0.25, 0.3) is 0 Å². The molecule has 1 amide bonds. The van der Waals surface area contributed by atoms with Crippen molar-refractivity contribution in [2.24, 2.45) is 5.73 Å². The number of nitrogens with two attached hydrogens (primary N) is 1. The summed E-state index contributed by atoms with van der Waals surface area (Å²) in [5.74, 6) is 0.331. The molecule has 0 aliphatic carbocycles. The van der Waals surface area contributed by atoms with Crippen LogP contribution in [0.1, 0.15) is 18.2 Å². The van der Waals surface area contributed by atoms with Gasteiger partial charge in [0.15, 0.2) is 5.76 Å². The molecule has 5 nitrogen and oxygen atoms in total. The smallest absolute Gasteiger partial charge is 0.244 e. The molecule has 1 heterocycles. The highest BCUT2D eigenvalue weighted by atomic mass is 16.5. The van der Waals surface area contributed by atoms with Crippen LogP contribution < -0.4 is 11.1 Å². The van der Waals surface area contributed by atoms with Crippen LogP contribution in [0.15, 0.2) is 47.1 Å². The van der Waals surface area contributed by atoms with Gasteiger partial charge in [0.05, 0.1) is 12.7 Å². The molecule has 0 spiro atoms. The van der Waals surface area contributed by atoms with Gasteiger partial charge < -0.3 is 15.6 Å². The number of nitrogens with zero attached hydrogens (tertiary/aromatic N) is 1. The van der Waals surface area contributed by atoms with Gasteiger partial charge in [0.2, 0.25) is 5.91 Å². The molecule has 0 bridgehead atoms. The first-order valence-corrected chi connectivity index (χ1v) is 5.63. The Hall–Kier alpha value is -2.14. The van der Waals surface area contributed by atoms with Gasteiger partial charge in [-0.05, 0) is 12.5 Å². The van der Waals surface area contributed by atoms with Crippen molar-refractivity contribution in [2.75, 3.05) is 0 Å². The van der Waals surface area contributed by atoms with Crippen molar-refractivity contribution in [3.63, 3.8) is 0 Å². The monoisotopic (exact) mass is 245 g/mol. The minimum absolute atomic E-state index is 0.259. The number of carbonyl (C=O) groups excluding carboxylic acids is 1. The van der Waals surface area contributed by atoms with Gasteiger partial charge in [-0.15, -0.1) is 0 Å². The SMILES string of the molecule is CC(N)(C(=O)NCc1ccno1)c1ccccc1. The van der Waals surface area contributed by atoms with E-state index < -0.39 is 5.54 Å². The van der Waals surface area contributed by atoms with Gasteiger partial charge in [-0.1, -0.05) is 35.5 Å². The molecule has 0 aliphatic rings. The second kappa shape index (κ2) is 5.01. The third-order valence-electron chi connectivity index (χ3n) is 2.76. The Balaban J connectivity index is 2.04. The zero-order valence-electron chi connectivity index (χ0n) is 10.1. The van der Waals surface area contributed by atoms with E-state index in [1.165, 1.54) is 6.20 Å². The van der Waals surface area contributed by atoms with E-state index in [1.807, 2.05) is 30.3 Å². The number of carbonyl (C=O) groups is 1. The summed E-state index contributed by atoms with van der Waals surface area (Å²) in [4.78, 5) is 12.1. The molecular formula is C13H15N3O2. The first kappa shape index (κ1) is 12.3. The Morgan fingerprint density at radius 2 is 2.11 bits per heavy atom. The van der Waals surface area contributed by atoms with E-state index in [9.17, 15) is 4.79 Å². The third-order valence-corrected chi connectivity index (χ3v) is 2.76. The molecule has 0 fully saturated rings. The Morgan fingerprint density at radius 3 is 2.72 bits per heavy atom. The van der Waals surface area contributed by atoms with E-state index in [1.54, 1.807) is 13.0 Å². The first-order chi connectivity index (χ1) is 8.60. The minimum Gasteiger partial charge on any atom is -0.360 e. The fourth-order valence-corrected chi connectivity index (χ4v) is 1.60. The second-order valence-electron chi connectivity index (χ2n) is 4.23. The summed E-state index contributed by atoms with van der Waals surface area (Å²) in [6.07, 6.45) is 1.53. The first-order valence-electron chi connectivity index (χ1n) is 5.63. The lowest BCUT2D eigenvalue weighted by Crippen LogP contribution is -2.48. The van der Waals surface area contributed by atoms with Gasteiger partial charge in [-0.3, -0.25) is 4.79 Å². The number of amides is 1. The molecule has 2 aromatic rings. The average Bonchev–Trinajstić information content (AvgIpc) is 2.90. The maximum atomic E-state index is 12.1. The molecule has 0 saturated heterocycles. The van der Waals surface area contributed by atoms with E-state index in [4.69, 9.17) is 10.3 Å². The van der Waals surface area contributed by atoms with Gasteiger partial charge in [-0.25, -0.2) is 0 Å². The van der Waals surface area contributed by atoms with Crippen LogP contribution in [0.3, 0.4) is 0 Å². The van der Waals surface area contributed by atoms with Crippen molar-refractivity contribution >= 4 is 5.91 Å². The summed E-state index contributed by atoms with van der Waals surface area (Å²) >= 11 is 0. The Kier molecular flexibility index (Phi) is 3.43. The van der Waals surface area contributed by atoms with E-state index in [-0.39, 0.29) is 12.5 Å². The lowest BCUT2D eigenvalue weighted by molar-refractivity contribution is -0.126. The van der Waals surface area contributed by atoms with E-state index >= 15 is 0 Å². The number of benzene rings is 1. The zero-order chi connectivity index (χ0) is 13.0. The molecule has 0 aliphatic heterocycles. The predicted molar refractivity (Wildman–Crippen MR) is 66.3 cm³/mol. The lowest BCUT2D eigenvalue weighted by Gasteiger charge is -2.23. The van der Waals surface area contributed by atoms with Crippen LogP contribution in [-0.2, 0) is 16.9 Å². The Morgan fingerprint density at radius 1 is 1.39 bits per heavy atom. The van der Waals surface area contributed by atoms with Crippen molar-refractivity contribution in [1.29, 1.82) is 0 Å². The second-order valence-corrected chi connectivity index (χ2v) is 4.23. The quantitative estimate of drug-likeness (QED) is 0.847. The molecule has 0 saturated carbocycles. The molecule has 1 atom stereocenters. The van der Waals surface area contributed by atoms with E-state index in [2.05, 4.69) is 10.5 Å². The van der Waals surface area contributed by atoms with Crippen molar-refractivity contribution in [3.05, 3.63) is 53.9 Å². The number of hydrogen-bond donors (Lipinski definition) is 2. The fraction of sp³-hybridized carbons (Fsp3) is 0.231. The lowest BCUT2D eigenvalue weighted by atomic mass is 9.92. The predicted octanol–water partition coefficient (Wildman–Crippen LogP) is 1.16. The van der Waals surface area contributed by atoms with Gasteiger partial charge in [0.25, 0.3) is 0 Å². The molecule has 1 unspecified atom stereocenters. The number of rotatable bonds is 4. The number of aromatic nitrogens is 1. The summed E-state index contributed by atoms with van der Waals surface area (Å²) in [5, 5.41) is 6.29. The van der Waals surface area contributed by atoms with E-state index in [0.717, 1.165) is 5.56 Å². The average molecular weight is 245 g/mol. The van der Waals surface area contributed by atoms with Crippen LogP contribution >= 0.6 is 0 Å². The molecule has 94 valence electrons. The maximum absolute atomic E-state index is 12.1.